The van der Waals surface area contributed by atoms with Gasteiger partial charge in [0.1, 0.15) is 11.8 Å². The molecule has 7 heteroatoms. The first-order valence-electron chi connectivity index (χ1n) is 9.94. The van der Waals surface area contributed by atoms with Gasteiger partial charge >= 0.3 is 5.97 Å². The Morgan fingerprint density at radius 2 is 1.87 bits per heavy atom. The topological polar surface area (TPSA) is 99.7 Å². The number of rotatable bonds is 9. The van der Waals surface area contributed by atoms with Crippen LogP contribution >= 0.6 is 0 Å². The van der Waals surface area contributed by atoms with Crippen molar-refractivity contribution in [2.24, 2.45) is 0 Å². The number of fused-ring (bicyclic) bond motifs is 1. The minimum absolute atomic E-state index is 0.0316. The number of esters is 1. The molecule has 0 aliphatic rings. The van der Waals surface area contributed by atoms with E-state index in [-0.39, 0.29) is 17.1 Å². The van der Waals surface area contributed by atoms with Crippen LogP contribution in [0.5, 0.6) is 0 Å². The summed E-state index contributed by atoms with van der Waals surface area (Å²) in [5, 5.41) is 11.3. The van der Waals surface area contributed by atoms with E-state index in [9.17, 15) is 19.7 Å². The van der Waals surface area contributed by atoms with Gasteiger partial charge in [0.05, 0.1) is 22.5 Å². The normalized spacial score (nSPS) is 10.8. The molecule has 0 aliphatic heterocycles. The van der Waals surface area contributed by atoms with Crippen molar-refractivity contribution < 1.29 is 18.9 Å². The summed E-state index contributed by atoms with van der Waals surface area (Å²) in [5.74, 6) is -0.159. The summed E-state index contributed by atoms with van der Waals surface area (Å²) in [4.78, 5) is 34.5. The molecule has 0 N–H and O–H groups in total. The lowest BCUT2D eigenvalue weighted by molar-refractivity contribution is -0.384. The number of hydrogen-bond acceptors (Lipinski definition) is 6. The van der Waals surface area contributed by atoms with Gasteiger partial charge in [0.2, 0.25) is 0 Å². The molecular formula is C23H23NO6. The first kappa shape index (κ1) is 21.2. The van der Waals surface area contributed by atoms with Gasteiger partial charge in [-0.15, -0.1) is 0 Å². The molecule has 1 heterocycles. The summed E-state index contributed by atoms with van der Waals surface area (Å²) in [5.41, 5.74) is 2.30. The first-order valence-corrected chi connectivity index (χ1v) is 9.94. The molecule has 0 aliphatic carbocycles. The van der Waals surface area contributed by atoms with Crippen LogP contribution in [0, 0.1) is 10.1 Å². The predicted octanol–water partition coefficient (Wildman–Crippen LogP) is 5.03. The van der Waals surface area contributed by atoms with Crippen LogP contribution in [0.2, 0.25) is 0 Å². The Balaban J connectivity index is 1.68. The number of carbonyl (C=O) groups is 1. The van der Waals surface area contributed by atoms with Crippen LogP contribution in [0.15, 0.2) is 57.9 Å². The molecule has 0 spiro atoms. The molecule has 30 heavy (non-hydrogen) atoms. The molecule has 156 valence electrons. The molecule has 3 rings (SSSR count). The van der Waals surface area contributed by atoms with Crippen LogP contribution in [0.4, 0.5) is 5.69 Å². The zero-order valence-electron chi connectivity index (χ0n) is 16.8. The highest BCUT2D eigenvalue weighted by atomic mass is 16.6. The van der Waals surface area contributed by atoms with Crippen molar-refractivity contribution in [1.29, 1.82) is 0 Å². The van der Waals surface area contributed by atoms with Gasteiger partial charge in [-0.3, -0.25) is 19.7 Å². The minimum atomic E-state index is -0.481. The standard InChI is InChI=1S/C23H23NO6/c1-2-29-22(25)7-5-3-4-6-16-8-13-19-21(14-16)30-15-20(23(19)26)17-9-11-18(12-10-17)24(27)28/h8-15H,2-7H2,1H3. The van der Waals surface area contributed by atoms with Crippen molar-refractivity contribution in [2.45, 2.75) is 39.0 Å². The lowest BCUT2D eigenvalue weighted by Crippen LogP contribution is -2.05. The van der Waals surface area contributed by atoms with E-state index in [0.29, 0.717) is 35.1 Å². The Kier molecular flexibility index (Phi) is 6.95. The summed E-state index contributed by atoms with van der Waals surface area (Å²) in [6.45, 7) is 2.21. The average Bonchev–Trinajstić information content (AvgIpc) is 2.74. The Bertz CT molecular complexity index is 1100. The maximum Gasteiger partial charge on any atom is 0.305 e. The highest BCUT2D eigenvalue weighted by Gasteiger charge is 2.12. The second kappa shape index (κ2) is 9.82. The monoisotopic (exact) mass is 409 g/mol. The fourth-order valence-electron chi connectivity index (χ4n) is 3.30. The number of nitrogens with zero attached hydrogens (tertiary/aromatic N) is 1. The Labute approximate surface area is 173 Å². The van der Waals surface area contributed by atoms with E-state index in [1.807, 2.05) is 12.1 Å². The van der Waals surface area contributed by atoms with Crippen LogP contribution in [-0.4, -0.2) is 17.5 Å². The summed E-state index contributed by atoms with van der Waals surface area (Å²) in [7, 11) is 0. The van der Waals surface area contributed by atoms with E-state index >= 15 is 0 Å². The summed E-state index contributed by atoms with van der Waals surface area (Å²) < 4.78 is 10.6. The van der Waals surface area contributed by atoms with E-state index in [1.54, 1.807) is 25.1 Å². The number of hydrogen-bond donors (Lipinski definition) is 0. The molecule has 0 bridgehead atoms. The van der Waals surface area contributed by atoms with Gasteiger partial charge in [0.25, 0.3) is 5.69 Å². The smallest absolute Gasteiger partial charge is 0.305 e. The molecule has 7 nitrogen and oxygen atoms in total. The molecule has 0 atom stereocenters. The zero-order chi connectivity index (χ0) is 21.5. The Morgan fingerprint density at radius 3 is 2.57 bits per heavy atom. The molecule has 0 amide bonds. The third-order valence-electron chi connectivity index (χ3n) is 4.88. The first-order chi connectivity index (χ1) is 14.5. The van der Waals surface area contributed by atoms with E-state index in [4.69, 9.17) is 9.15 Å². The number of aryl methyl sites for hydroxylation is 1. The van der Waals surface area contributed by atoms with E-state index in [0.717, 1.165) is 31.2 Å². The second-order valence-corrected chi connectivity index (χ2v) is 6.98. The van der Waals surface area contributed by atoms with Crippen LogP contribution in [-0.2, 0) is 16.0 Å². The largest absolute Gasteiger partial charge is 0.466 e. The van der Waals surface area contributed by atoms with Gasteiger partial charge in [0, 0.05) is 18.6 Å². The van der Waals surface area contributed by atoms with Crippen LogP contribution in [0.3, 0.4) is 0 Å². The molecule has 0 radical (unpaired) electrons. The Morgan fingerprint density at radius 1 is 1.10 bits per heavy atom. The van der Waals surface area contributed by atoms with Gasteiger partial charge in [-0.25, -0.2) is 0 Å². The SMILES string of the molecule is CCOC(=O)CCCCCc1ccc2c(=O)c(-c3ccc([N+](=O)[O-])cc3)coc2c1. The van der Waals surface area contributed by atoms with Gasteiger partial charge in [0.15, 0.2) is 5.43 Å². The molecule has 1 aromatic heterocycles. The third-order valence-corrected chi connectivity index (χ3v) is 4.88. The quantitative estimate of drug-likeness (QED) is 0.213. The highest BCUT2D eigenvalue weighted by molar-refractivity contribution is 5.82. The molecule has 0 saturated carbocycles. The number of unbranched alkanes of at least 4 members (excludes halogenated alkanes) is 2. The number of benzene rings is 2. The van der Waals surface area contributed by atoms with Gasteiger partial charge < -0.3 is 9.15 Å². The Hall–Kier alpha value is -3.48. The van der Waals surface area contributed by atoms with Gasteiger partial charge in [-0.05, 0) is 61.6 Å². The third kappa shape index (κ3) is 5.11. The maximum atomic E-state index is 12.8. The lowest BCUT2D eigenvalue weighted by atomic mass is 10.0. The molecule has 0 fully saturated rings. The predicted molar refractivity (Wildman–Crippen MR) is 113 cm³/mol. The maximum absolute atomic E-state index is 12.8. The van der Waals surface area contributed by atoms with E-state index in [1.165, 1.54) is 18.4 Å². The molecule has 0 saturated heterocycles. The van der Waals surface area contributed by atoms with Crippen molar-refractivity contribution in [3.05, 3.63) is 74.6 Å². The van der Waals surface area contributed by atoms with E-state index < -0.39 is 4.92 Å². The fourth-order valence-corrected chi connectivity index (χ4v) is 3.30. The van der Waals surface area contributed by atoms with Crippen molar-refractivity contribution in [3.8, 4) is 11.1 Å². The summed E-state index contributed by atoms with van der Waals surface area (Å²) >= 11 is 0. The fraction of sp³-hybridized carbons (Fsp3) is 0.304. The number of nitro benzene ring substituents is 1. The van der Waals surface area contributed by atoms with Gasteiger partial charge in [-0.1, -0.05) is 12.5 Å². The molecule has 0 unspecified atom stereocenters. The van der Waals surface area contributed by atoms with Crippen molar-refractivity contribution >= 4 is 22.6 Å². The van der Waals surface area contributed by atoms with Crippen LogP contribution < -0.4 is 5.43 Å². The zero-order valence-corrected chi connectivity index (χ0v) is 16.8. The minimum Gasteiger partial charge on any atom is -0.466 e. The van der Waals surface area contributed by atoms with Crippen LogP contribution in [0.1, 0.15) is 38.2 Å². The number of non-ortho nitro benzene ring substituents is 1. The number of carbonyl (C=O) groups excluding carboxylic acids is 1. The van der Waals surface area contributed by atoms with Crippen molar-refractivity contribution in [3.63, 3.8) is 0 Å². The highest BCUT2D eigenvalue weighted by Crippen LogP contribution is 2.23. The van der Waals surface area contributed by atoms with E-state index in [2.05, 4.69) is 0 Å². The molecule has 3 aromatic rings. The van der Waals surface area contributed by atoms with Crippen LogP contribution in [0.25, 0.3) is 22.1 Å². The number of ether oxygens (including phenoxy) is 1. The van der Waals surface area contributed by atoms with Crippen molar-refractivity contribution in [1.82, 2.24) is 0 Å². The van der Waals surface area contributed by atoms with Crippen molar-refractivity contribution in [2.75, 3.05) is 6.61 Å². The molecular weight excluding hydrogens is 386 g/mol. The average molecular weight is 409 g/mol. The summed E-state index contributed by atoms with van der Waals surface area (Å²) in [6, 6.07) is 11.3. The number of nitro groups is 1. The lowest BCUT2D eigenvalue weighted by Gasteiger charge is -2.06. The molecule has 2 aromatic carbocycles. The second-order valence-electron chi connectivity index (χ2n) is 6.98. The summed E-state index contributed by atoms with van der Waals surface area (Å²) in [6.07, 6.45) is 5.30. The van der Waals surface area contributed by atoms with Gasteiger partial charge in [-0.2, -0.15) is 0 Å².